The first kappa shape index (κ1) is 15.7. The zero-order chi connectivity index (χ0) is 15.5. The van der Waals surface area contributed by atoms with E-state index < -0.39 is 10.0 Å². The van der Waals surface area contributed by atoms with Gasteiger partial charge in [-0.1, -0.05) is 37.3 Å². The van der Waals surface area contributed by atoms with Crippen molar-refractivity contribution in [1.82, 2.24) is 4.31 Å². The Labute approximate surface area is 125 Å². The first-order valence-electron chi connectivity index (χ1n) is 6.79. The molecule has 2 aromatic carbocycles. The van der Waals surface area contributed by atoms with E-state index in [9.17, 15) is 12.8 Å². The molecule has 0 aliphatic carbocycles. The number of nitrogens with zero attached hydrogens (tertiary/aromatic N) is 1. The van der Waals surface area contributed by atoms with Crippen LogP contribution in [0.15, 0.2) is 59.5 Å². The summed E-state index contributed by atoms with van der Waals surface area (Å²) >= 11 is 0. The van der Waals surface area contributed by atoms with Crippen LogP contribution in [-0.2, 0) is 10.0 Å². The molecule has 21 heavy (non-hydrogen) atoms. The van der Waals surface area contributed by atoms with Gasteiger partial charge in [-0.3, -0.25) is 0 Å². The summed E-state index contributed by atoms with van der Waals surface area (Å²) in [6, 6.07) is 13.9. The molecule has 0 aliphatic rings. The lowest BCUT2D eigenvalue weighted by atomic mass is 10.1. The van der Waals surface area contributed by atoms with Gasteiger partial charge in [0.1, 0.15) is 5.82 Å². The second-order valence-corrected chi connectivity index (χ2v) is 6.64. The Morgan fingerprint density at radius 1 is 1.05 bits per heavy atom. The van der Waals surface area contributed by atoms with Crippen LogP contribution in [-0.4, -0.2) is 19.3 Å². The summed E-state index contributed by atoms with van der Waals surface area (Å²) < 4.78 is 39.8. The van der Waals surface area contributed by atoms with Gasteiger partial charge in [-0.25, -0.2) is 12.8 Å². The van der Waals surface area contributed by atoms with Crippen LogP contribution in [0, 0.1) is 5.82 Å². The summed E-state index contributed by atoms with van der Waals surface area (Å²) in [5, 5.41) is 0. The van der Waals surface area contributed by atoms with Crippen molar-refractivity contribution >= 4 is 10.0 Å². The molecule has 0 N–H and O–H groups in total. The fourth-order valence-electron chi connectivity index (χ4n) is 2.29. The molecule has 0 spiro atoms. The highest BCUT2D eigenvalue weighted by Crippen LogP contribution is 2.27. The molecule has 3 nitrogen and oxygen atoms in total. The minimum absolute atomic E-state index is 0.265. The fraction of sp³-hybridized carbons (Fsp3) is 0.250. The lowest BCUT2D eigenvalue weighted by Gasteiger charge is -2.27. The maximum Gasteiger partial charge on any atom is 0.243 e. The number of hydrogen-bond donors (Lipinski definition) is 0. The van der Waals surface area contributed by atoms with E-state index >= 15 is 0 Å². The Balaban J connectivity index is 2.37. The quantitative estimate of drug-likeness (QED) is 0.846. The summed E-state index contributed by atoms with van der Waals surface area (Å²) in [6.07, 6.45) is 0. The maximum absolute atomic E-state index is 13.0. The van der Waals surface area contributed by atoms with Crippen LogP contribution in [0.1, 0.15) is 25.5 Å². The average Bonchev–Trinajstić information content (AvgIpc) is 2.49. The first-order chi connectivity index (χ1) is 9.96. The Bertz CT molecular complexity index is 684. The van der Waals surface area contributed by atoms with Crippen molar-refractivity contribution in [2.24, 2.45) is 0 Å². The van der Waals surface area contributed by atoms with Gasteiger partial charge >= 0.3 is 0 Å². The molecule has 0 heterocycles. The molecular weight excluding hydrogens is 289 g/mol. The summed E-state index contributed by atoms with van der Waals surface area (Å²) in [5.41, 5.74) is 0.762. The van der Waals surface area contributed by atoms with Crippen molar-refractivity contribution in [2.75, 3.05) is 6.54 Å². The highest BCUT2D eigenvalue weighted by molar-refractivity contribution is 7.89. The summed E-state index contributed by atoms with van der Waals surface area (Å²) in [6.45, 7) is 3.94. The van der Waals surface area contributed by atoms with Crippen molar-refractivity contribution < 1.29 is 12.8 Å². The lowest BCUT2D eigenvalue weighted by molar-refractivity contribution is 0.357. The Hall–Kier alpha value is -1.72. The molecule has 0 aromatic heterocycles. The predicted octanol–water partition coefficient (Wildman–Crippen LogP) is 3.60. The molecule has 0 saturated heterocycles. The number of sulfonamides is 1. The van der Waals surface area contributed by atoms with Gasteiger partial charge in [0.05, 0.1) is 4.90 Å². The van der Waals surface area contributed by atoms with Gasteiger partial charge in [-0.2, -0.15) is 4.31 Å². The van der Waals surface area contributed by atoms with Crippen molar-refractivity contribution in [3.8, 4) is 0 Å². The number of halogens is 1. The van der Waals surface area contributed by atoms with Gasteiger partial charge in [0.15, 0.2) is 0 Å². The van der Waals surface area contributed by atoms with Gasteiger partial charge in [-0.05, 0) is 36.8 Å². The van der Waals surface area contributed by atoms with Crippen molar-refractivity contribution in [1.29, 1.82) is 0 Å². The normalized spacial score (nSPS) is 13.3. The molecule has 0 amide bonds. The molecule has 112 valence electrons. The van der Waals surface area contributed by atoms with E-state index in [0.29, 0.717) is 6.54 Å². The molecule has 2 rings (SSSR count). The van der Waals surface area contributed by atoms with E-state index in [2.05, 4.69) is 0 Å². The molecule has 0 fully saturated rings. The standard InChI is InChI=1S/C16H18FNO2S/c1-3-18(13(2)14-9-11-15(17)12-10-14)21(19,20)16-7-5-4-6-8-16/h4-13H,3H2,1-2H3. The van der Waals surface area contributed by atoms with Crippen molar-refractivity contribution in [3.05, 3.63) is 66.0 Å². The van der Waals surface area contributed by atoms with Crippen LogP contribution in [0.4, 0.5) is 4.39 Å². The smallest absolute Gasteiger partial charge is 0.207 e. The van der Waals surface area contributed by atoms with Crippen LogP contribution in [0.25, 0.3) is 0 Å². The van der Waals surface area contributed by atoms with E-state index in [1.165, 1.54) is 16.4 Å². The zero-order valence-electron chi connectivity index (χ0n) is 12.0. The van der Waals surface area contributed by atoms with Crippen LogP contribution in [0.5, 0.6) is 0 Å². The second-order valence-electron chi connectivity index (χ2n) is 4.75. The number of rotatable bonds is 5. The van der Waals surface area contributed by atoms with Gasteiger partial charge in [0, 0.05) is 12.6 Å². The molecular formula is C16H18FNO2S. The Morgan fingerprint density at radius 2 is 1.62 bits per heavy atom. The molecule has 0 radical (unpaired) electrons. The zero-order valence-corrected chi connectivity index (χ0v) is 12.8. The molecule has 1 atom stereocenters. The highest BCUT2D eigenvalue weighted by atomic mass is 32.2. The van der Waals surface area contributed by atoms with E-state index in [1.807, 2.05) is 0 Å². The third-order valence-corrected chi connectivity index (χ3v) is 5.51. The summed E-state index contributed by atoms with van der Waals surface area (Å²) in [7, 11) is -3.57. The van der Waals surface area contributed by atoms with Crippen LogP contribution < -0.4 is 0 Å². The van der Waals surface area contributed by atoms with E-state index in [1.54, 1.807) is 56.3 Å². The summed E-state index contributed by atoms with van der Waals surface area (Å²) in [5.74, 6) is -0.333. The highest BCUT2D eigenvalue weighted by Gasteiger charge is 2.28. The maximum atomic E-state index is 13.0. The lowest BCUT2D eigenvalue weighted by Crippen LogP contribution is -2.33. The van der Waals surface area contributed by atoms with Crippen LogP contribution >= 0.6 is 0 Å². The number of benzene rings is 2. The SMILES string of the molecule is CCN(C(C)c1ccc(F)cc1)S(=O)(=O)c1ccccc1. The van der Waals surface area contributed by atoms with Gasteiger partial charge < -0.3 is 0 Å². The molecule has 2 aromatic rings. The van der Waals surface area contributed by atoms with Crippen molar-refractivity contribution in [3.63, 3.8) is 0 Å². The Kier molecular flexibility index (Phi) is 4.75. The van der Waals surface area contributed by atoms with Crippen LogP contribution in [0.3, 0.4) is 0 Å². The molecule has 0 bridgehead atoms. The van der Waals surface area contributed by atoms with Gasteiger partial charge in [-0.15, -0.1) is 0 Å². The third-order valence-electron chi connectivity index (χ3n) is 3.45. The third kappa shape index (κ3) is 3.31. The van der Waals surface area contributed by atoms with E-state index in [-0.39, 0.29) is 16.8 Å². The van der Waals surface area contributed by atoms with E-state index in [4.69, 9.17) is 0 Å². The molecule has 5 heteroatoms. The van der Waals surface area contributed by atoms with Crippen molar-refractivity contribution in [2.45, 2.75) is 24.8 Å². The molecule has 1 unspecified atom stereocenters. The molecule has 0 aliphatic heterocycles. The van der Waals surface area contributed by atoms with Crippen LogP contribution in [0.2, 0.25) is 0 Å². The minimum atomic E-state index is -3.57. The molecule has 0 saturated carbocycles. The number of hydrogen-bond acceptors (Lipinski definition) is 2. The Morgan fingerprint density at radius 3 is 2.14 bits per heavy atom. The second kappa shape index (κ2) is 6.37. The average molecular weight is 307 g/mol. The van der Waals surface area contributed by atoms with E-state index in [0.717, 1.165) is 5.56 Å². The monoisotopic (exact) mass is 307 g/mol. The summed E-state index contributed by atoms with van der Waals surface area (Å²) in [4.78, 5) is 0.265. The largest absolute Gasteiger partial charge is 0.243 e. The fourth-order valence-corrected chi connectivity index (χ4v) is 3.94. The topological polar surface area (TPSA) is 37.4 Å². The van der Waals surface area contributed by atoms with Gasteiger partial charge in [0.2, 0.25) is 10.0 Å². The predicted molar refractivity (Wildman–Crippen MR) is 80.8 cm³/mol. The first-order valence-corrected chi connectivity index (χ1v) is 8.23. The minimum Gasteiger partial charge on any atom is -0.207 e. The van der Waals surface area contributed by atoms with Gasteiger partial charge in [0.25, 0.3) is 0 Å².